The van der Waals surface area contributed by atoms with E-state index in [0.717, 1.165) is 39.1 Å². The van der Waals surface area contributed by atoms with Gasteiger partial charge in [0, 0.05) is 39.1 Å². The van der Waals surface area contributed by atoms with Crippen LogP contribution in [0.2, 0.25) is 0 Å². The third-order valence-electron chi connectivity index (χ3n) is 2.11. The molecule has 3 heteroatoms. The molecule has 1 aliphatic heterocycles. The van der Waals surface area contributed by atoms with Gasteiger partial charge >= 0.3 is 0 Å². The van der Waals surface area contributed by atoms with Crippen LogP contribution in [0, 0.1) is 12.3 Å². The van der Waals surface area contributed by atoms with Gasteiger partial charge in [0.2, 0.25) is 0 Å². The molecule has 0 aromatic rings. The summed E-state index contributed by atoms with van der Waals surface area (Å²) in [5.41, 5.74) is 3.31. The lowest BCUT2D eigenvalue weighted by molar-refractivity contribution is 0.106. The van der Waals surface area contributed by atoms with Crippen molar-refractivity contribution in [1.29, 1.82) is 0 Å². The smallest absolute Gasteiger partial charge is 0.0259 e. The number of hydrogen-bond donors (Lipinski definition) is 1. The van der Waals surface area contributed by atoms with Crippen molar-refractivity contribution in [2.24, 2.45) is 0 Å². The fourth-order valence-electron chi connectivity index (χ4n) is 1.25. The minimum atomic E-state index is 0.812. The van der Waals surface area contributed by atoms with Crippen LogP contribution in [-0.4, -0.2) is 49.7 Å². The van der Waals surface area contributed by atoms with E-state index in [1.807, 2.05) is 0 Å². The molecule has 12 heavy (non-hydrogen) atoms. The second-order valence-electron chi connectivity index (χ2n) is 3.15. The van der Waals surface area contributed by atoms with Gasteiger partial charge in [0.25, 0.3) is 0 Å². The van der Waals surface area contributed by atoms with E-state index < -0.39 is 0 Å². The third-order valence-corrected chi connectivity index (χ3v) is 2.11. The maximum Gasteiger partial charge on any atom is 0.0259 e. The molecule has 0 radical (unpaired) electrons. The van der Waals surface area contributed by atoms with Crippen molar-refractivity contribution in [1.82, 2.24) is 15.3 Å². The molecule has 1 heterocycles. The molecule has 1 N–H and O–H groups in total. The van der Waals surface area contributed by atoms with Gasteiger partial charge in [-0.1, -0.05) is 0 Å². The van der Waals surface area contributed by atoms with Crippen LogP contribution in [0.5, 0.6) is 0 Å². The number of nitrogens with one attached hydrogen (secondary N) is 1. The number of hydrazine groups is 1. The van der Waals surface area contributed by atoms with Gasteiger partial charge in [-0.15, -0.1) is 12.3 Å². The van der Waals surface area contributed by atoms with Crippen LogP contribution in [0.25, 0.3) is 0 Å². The van der Waals surface area contributed by atoms with Crippen LogP contribution in [-0.2, 0) is 0 Å². The molecular formula is C9H17N3. The van der Waals surface area contributed by atoms with Crippen LogP contribution in [0.3, 0.4) is 0 Å². The van der Waals surface area contributed by atoms with Gasteiger partial charge in [-0.05, 0) is 7.05 Å². The molecule has 68 valence electrons. The first-order chi connectivity index (χ1) is 5.83. The molecule has 0 amide bonds. The molecule has 1 fully saturated rings. The molecule has 1 rings (SSSR count). The zero-order valence-corrected chi connectivity index (χ0v) is 7.71. The zero-order valence-electron chi connectivity index (χ0n) is 7.71. The van der Waals surface area contributed by atoms with E-state index in [0.29, 0.717) is 0 Å². The maximum absolute atomic E-state index is 5.15. The number of piperazine rings is 1. The topological polar surface area (TPSA) is 18.5 Å². The lowest BCUT2D eigenvalue weighted by Gasteiger charge is -2.32. The fraction of sp³-hybridized carbons (Fsp3) is 0.778. The monoisotopic (exact) mass is 167 g/mol. The van der Waals surface area contributed by atoms with Crippen molar-refractivity contribution in [2.45, 2.75) is 6.42 Å². The lowest BCUT2D eigenvalue weighted by atomic mass is 10.4. The van der Waals surface area contributed by atoms with Crippen molar-refractivity contribution in [3.05, 3.63) is 0 Å². The number of likely N-dealkylation sites (N-methyl/N-ethyl adjacent to an activating group) is 1. The summed E-state index contributed by atoms with van der Waals surface area (Å²) in [4.78, 5) is 2.33. The number of terminal acetylenes is 1. The van der Waals surface area contributed by atoms with Crippen molar-refractivity contribution in [3.8, 4) is 12.3 Å². The third kappa shape index (κ3) is 3.22. The highest BCUT2D eigenvalue weighted by atomic mass is 15.5. The van der Waals surface area contributed by atoms with Crippen molar-refractivity contribution in [3.63, 3.8) is 0 Å². The quantitative estimate of drug-likeness (QED) is 0.462. The highest BCUT2D eigenvalue weighted by Gasteiger charge is 2.11. The van der Waals surface area contributed by atoms with Crippen molar-refractivity contribution >= 4 is 0 Å². The van der Waals surface area contributed by atoms with Gasteiger partial charge in [-0.3, -0.25) is 5.43 Å². The Bertz CT molecular complexity index is 154. The molecule has 0 aromatic heterocycles. The average molecular weight is 167 g/mol. The van der Waals surface area contributed by atoms with Gasteiger partial charge in [0.05, 0.1) is 0 Å². The summed E-state index contributed by atoms with van der Waals surface area (Å²) in [6, 6.07) is 0. The first kappa shape index (κ1) is 9.53. The van der Waals surface area contributed by atoms with Crippen molar-refractivity contribution in [2.75, 3.05) is 39.8 Å². The van der Waals surface area contributed by atoms with Crippen molar-refractivity contribution < 1.29 is 0 Å². The number of nitrogens with zero attached hydrogens (tertiary/aromatic N) is 2. The minimum Gasteiger partial charge on any atom is -0.304 e. The van der Waals surface area contributed by atoms with Gasteiger partial charge in [-0.2, -0.15) is 0 Å². The molecule has 1 saturated heterocycles. The Kier molecular flexibility index (Phi) is 4.09. The van der Waals surface area contributed by atoms with Crippen LogP contribution in [0.4, 0.5) is 0 Å². The number of hydrogen-bond acceptors (Lipinski definition) is 3. The van der Waals surface area contributed by atoms with Crippen LogP contribution >= 0.6 is 0 Å². The highest BCUT2D eigenvalue weighted by Crippen LogP contribution is 1.94. The van der Waals surface area contributed by atoms with Gasteiger partial charge in [-0.25, -0.2) is 5.01 Å². The highest BCUT2D eigenvalue weighted by molar-refractivity contribution is 4.84. The molecule has 0 bridgehead atoms. The summed E-state index contributed by atoms with van der Waals surface area (Å²) in [5.74, 6) is 2.62. The van der Waals surface area contributed by atoms with E-state index in [4.69, 9.17) is 6.42 Å². The molecule has 3 nitrogen and oxygen atoms in total. The second-order valence-corrected chi connectivity index (χ2v) is 3.15. The van der Waals surface area contributed by atoms with E-state index in [-0.39, 0.29) is 0 Å². The maximum atomic E-state index is 5.15. The first-order valence-corrected chi connectivity index (χ1v) is 4.43. The number of rotatable bonds is 3. The van der Waals surface area contributed by atoms with E-state index in [1.165, 1.54) is 0 Å². The first-order valence-electron chi connectivity index (χ1n) is 4.43. The molecule has 1 aliphatic rings. The van der Waals surface area contributed by atoms with E-state index in [1.54, 1.807) is 0 Å². The molecule has 0 aliphatic carbocycles. The average Bonchev–Trinajstić information content (AvgIpc) is 2.09. The molecule has 0 atom stereocenters. The Balaban J connectivity index is 2.06. The van der Waals surface area contributed by atoms with Gasteiger partial charge in [0.15, 0.2) is 0 Å². The summed E-state index contributed by atoms with van der Waals surface area (Å²) in [6.45, 7) is 5.38. The normalized spacial score (nSPS) is 20.7. The summed E-state index contributed by atoms with van der Waals surface area (Å²) in [5, 5.41) is 2.25. The Morgan fingerprint density at radius 3 is 2.58 bits per heavy atom. The zero-order chi connectivity index (χ0) is 8.81. The predicted octanol–water partition coefficient (Wildman–Crippen LogP) is -0.238. The minimum absolute atomic E-state index is 0.812. The van der Waals surface area contributed by atoms with Crippen LogP contribution in [0.1, 0.15) is 6.42 Å². The summed E-state index contributed by atoms with van der Waals surface area (Å²) in [7, 11) is 2.15. The summed E-state index contributed by atoms with van der Waals surface area (Å²) >= 11 is 0. The molecule has 0 saturated carbocycles. The summed E-state index contributed by atoms with van der Waals surface area (Å²) in [6.07, 6.45) is 5.96. The van der Waals surface area contributed by atoms with Gasteiger partial charge in [0.1, 0.15) is 0 Å². The Morgan fingerprint density at radius 2 is 2.00 bits per heavy atom. The standard InChI is InChI=1S/C9H17N3/c1-3-4-5-10-12-8-6-11(2)7-9-12/h1,10H,4-9H2,2H3. The summed E-state index contributed by atoms with van der Waals surface area (Å²) < 4.78 is 0. The Labute approximate surface area is 74.7 Å². The Hall–Kier alpha value is -0.560. The van der Waals surface area contributed by atoms with Crippen LogP contribution < -0.4 is 5.43 Å². The molecule has 0 spiro atoms. The molecule has 0 unspecified atom stereocenters. The SMILES string of the molecule is C#CCCNN1CCN(C)CC1. The van der Waals surface area contributed by atoms with Crippen LogP contribution in [0.15, 0.2) is 0 Å². The molecular weight excluding hydrogens is 150 g/mol. The lowest BCUT2D eigenvalue weighted by Crippen LogP contribution is -2.50. The largest absolute Gasteiger partial charge is 0.304 e. The van der Waals surface area contributed by atoms with Gasteiger partial charge < -0.3 is 4.90 Å². The molecule has 0 aromatic carbocycles. The second kappa shape index (κ2) is 5.15. The van der Waals surface area contributed by atoms with E-state index in [9.17, 15) is 0 Å². The van der Waals surface area contributed by atoms with E-state index >= 15 is 0 Å². The fourth-order valence-corrected chi connectivity index (χ4v) is 1.25. The predicted molar refractivity (Wildman–Crippen MR) is 50.5 cm³/mol. The Morgan fingerprint density at radius 1 is 1.33 bits per heavy atom. The van der Waals surface area contributed by atoms with E-state index in [2.05, 4.69) is 28.3 Å².